The third-order valence-electron chi connectivity index (χ3n) is 3.46. The fourth-order valence-electron chi connectivity index (χ4n) is 2.42. The van der Waals surface area contributed by atoms with E-state index in [1.54, 1.807) is 19.1 Å². The first-order chi connectivity index (χ1) is 12.0. The number of nitrogens with zero attached hydrogens (tertiary/aromatic N) is 2. The number of halogens is 1. The lowest BCUT2D eigenvalue weighted by atomic mass is 10.2. The molecule has 9 heteroatoms. The molecule has 0 saturated heterocycles. The van der Waals surface area contributed by atoms with Crippen molar-refractivity contribution in [3.63, 3.8) is 0 Å². The Kier molecular flexibility index (Phi) is 4.69. The van der Waals surface area contributed by atoms with Crippen LogP contribution in [-0.4, -0.2) is 22.1 Å². The molecule has 25 heavy (non-hydrogen) atoms. The van der Waals surface area contributed by atoms with Crippen molar-refractivity contribution in [1.29, 1.82) is 0 Å². The number of para-hydroxylation sites is 2. The molecule has 0 bridgehead atoms. The number of fused-ring (bicyclic) bond motifs is 1. The Labute approximate surface area is 153 Å². The van der Waals surface area contributed by atoms with E-state index in [0.29, 0.717) is 19.6 Å². The molecule has 0 unspecified atom stereocenters. The maximum absolute atomic E-state index is 12.4. The molecule has 2 aromatic heterocycles. The second kappa shape index (κ2) is 6.77. The summed E-state index contributed by atoms with van der Waals surface area (Å²) in [6.45, 7) is 1.92. The molecule has 0 radical (unpaired) electrons. The molecule has 7 nitrogen and oxygen atoms in total. The van der Waals surface area contributed by atoms with E-state index in [4.69, 9.17) is 4.74 Å². The summed E-state index contributed by atoms with van der Waals surface area (Å²) >= 11 is 4.41. The van der Waals surface area contributed by atoms with Crippen LogP contribution < -0.4 is 5.56 Å². The minimum Gasteiger partial charge on any atom is -0.462 e. The summed E-state index contributed by atoms with van der Waals surface area (Å²) in [6.07, 6.45) is 0. The third kappa shape index (κ3) is 2.96. The third-order valence-corrected chi connectivity index (χ3v) is 5.72. The van der Waals surface area contributed by atoms with Gasteiger partial charge < -0.3 is 4.74 Å². The molecule has 3 rings (SSSR count). The summed E-state index contributed by atoms with van der Waals surface area (Å²) < 4.78 is 6.76. The Morgan fingerprint density at radius 1 is 1.32 bits per heavy atom. The predicted octanol–water partition coefficient (Wildman–Crippen LogP) is 3.90. The maximum Gasteiger partial charge on any atom is 0.349 e. The highest BCUT2D eigenvalue weighted by molar-refractivity contribution is 9.10. The van der Waals surface area contributed by atoms with Crippen molar-refractivity contribution in [1.82, 2.24) is 4.57 Å². The van der Waals surface area contributed by atoms with Crippen LogP contribution in [0.15, 0.2) is 45.7 Å². The van der Waals surface area contributed by atoms with Gasteiger partial charge in [0.2, 0.25) is 0 Å². The van der Waals surface area contributed by atoms with Gasteiger partial charge in [-0.15, -0.1) is 11.3 Å². The lowest BCUT2D eigenvalue weighted by Crippen LogP contribution is -2.17. The molecule has 3 aromatic rings. The summed E-state index contributed by atoms with van der Waals surface area (Å²) in [6, 6.07) is 8.85. The second-order valence-corrected chi connectivity index (χ2v) is 6.73. The number of hydrogen-bond acceptors (Lipinski definition) is 6. The van der Waals surface area contributed by atoms with Crippen LogP contribution in [0.5, 0.6) is 0 Å². The lowest BCUT2D eigenvalue weighted by molar-refractivity contribution is -0.384. The molecule has 0 aliphatic heterocycles. The number of pyridine rings is 1. The average molecular weight is 423 g/mol. The molecule has 0 aliphatic carbocycles. The van der Waals surface area contributed by atoms with Crippen LogP contribution in [-0.2, 0) is 4.74 Å². The van der Waals surface area contributed by atoms with Gasteiger partial charge in [0.25, 0.3) is 11.2 Å². The van der Waals surface area contributed by atoms with Crippen molar-refractivity contribution >= 4 is 49.1 Å². The fourth-order valence-corrected chi connectivity index (χ4v) is 4.37. The molecule has 128 valence electrons. The van der Waals surface area contributed by atoms with Gasteiger partial charge in [-0.25, -0.2) is 4.79 Å². The molecule has 0 spiro atoms. The number of hydrogen-bond donors (Lipinski definition) is 0. The number of carbonyl (C=O) groups is 1. The van der Waals surface area contributed by atoms with Crippen LogP contribution in [0.25, 0.3) is 15.9 Å². The van der Waals surface area contributed by atoms with Crippen LogP contribution in [0.4, 0.5) is 5.69 Å². The molecule has 0 N–H and O–H groups in total. The number of carbonyl (C=O) groups excluding carboxylic acids is 1. The summed E-state index contributed by atoms with van der Waals surface area (Å²) in [5, 5.41) is 11.9. The number of ether oxygens (including phenoxy) is 1. The number of esters is 1. The SMILES string of the molecule is CCOC(=O)c1sc2c(ccc(=O)n2-c2ccccc2[N+](=O)[O-])c1Br. The van der Waals surface area contributed by atoms with Gasteiger partial charge in [-0.1, -0.05) is 12.1 Å². The monoisotopic (exact) mass is 422 g/mol. The zero-order chi connectivity index (χ0) is 18.1. The predicted molar refractivity (Wildman–Crippen MR) is 97.7 cm³/mol. The van der Waals surface area contributed by atoms with Crippen LogP contribution in [0.3, 0.4) is 0 Å². The summed E-state index contributed by atoms with van der Waals surface area (Å²) in [7, 11) is 0. The van der Waals surface area contributed by atoms with Crippen LogP contribution in [0, 0.1) is 10.1 Å². The highest BCUT2D eigenvalue weighted by Gasteiger charge is 2.23. The zero-order valence-electron chi connectivity index (χ0n) is 12.9. The smallest absolute Gasteiger partial charge is 0.349 e. The molecule has 0 amide bonds. The Morgan fingerprint density at radius 3 is 2.72 bits per heavy atom. The molecule has 2 heterocycles. The molecule has 0 saturated carbocycles. The molecular formula is C16H11BrN2O5S. The van der Waals surface area contributed by atoms with E-state index < -0.39 is 16.5 Å². The van der Waals surface area contributed by atoms with Crippen molar-refractivity contribution in [2.45, 2.75) is 6.92 Å². The maximum atomic E-state index is 12.4. The standard InChI is InChI=1S/C16H11BrN2O5S/c1-2-24-16(21)14-13(17)9-7-8-12(20)18(15(9)25-14)10-5-3-4-6-11(10)19(22)23/h3-8H,2H2,1H3. The lowest BCUT2D eigenvalue weighted by Gasteiger charge is -2.07. The van der Waals surface area contributed by atoms with Gasteiger partial charge in [0.1, 0.15) is 15.4 Å². The Morgan fingerprint density at radius 2 is 2.04 bits per heavy atom. The molecular weight excluding hydrogens is 412 g/mol. The van der Waals surface area contributed by atoms with Gasteiger partial charge >= 0.3 is 5.97 Å². The Bertz CT molecular complexity index is 1060. The Balaban J connectivity index is 2.35. The fraction of sp³-hybridized carbons (Fsp3) is 0.125. The number of aromatic nitrogens is 1. The van der Waals surface area contributed by atoms with Gasteiger partial charge in [0.15, 0.2) is 0 Å². The number of rotatable bonds is 4. The minimum absolute atomic E-state index is 0.146. The van der Waals surface area contributed by atoms with Crippen LogP contribution >= 0.6 is 27.3 Å². The molecule has 0 fully saturated rings. The highest BCUT2D eigenvalue weighted by atomic mass is 79.9. The molecule has 0 atom stereocenters. The van der Waals surface area contributed by atoms with Gasteiger partial charge in [-0.05, 0) is 35.0 Å². The van der Waals surface area contributed by atoms with Crippen molar-refractivity contribution in [3.05, 3.63) is 66.2 Å². The first kappa shape index (κ1) is 17.3. The van der Waals surface area contributed by atoms with E-state index >= 15 is 0 Å². The second-order valence-electron chi connectivity index (χ2n) is 4.94. The summed E-state index contributed by atoms with van der Waals surface area (Å²) in [5.41, 5.74) is -0.475. The van der Waals surface area contributed by atoms with Crippen molar-refractivity contribution < 1.29 is 14.5 Å². The van der Waals surface area contributed by atoms with Gasteiger partial charge in [-0.3, -0.25) is 19.5 Å². The van der Waals surface area contributed by atoms with E-state index in [-0.39, 0.29) is 18.0 Å². The normalized spacial score (nSPS) is 10.8. The summed E-state index contributed by atoms with van der Waals surface area (Å²) in [5.74, 6) is -0.517. The summed E-state index contributed by atoms with van der Waals surface area (Å²) in [4.78, 5) is 36.0. The highest BCUT2D eigenvalue weighted by Crippen LogP contribution is 2.37. The largest absolute Gasteiger partial charge is 0.462 e. The number of thiophene rings is 1. The topological polar surface area (TPSA) is 91.4 Å². The van der Waals surface area contributed by atoms with Crippen LogP contribution in [0.1, 0.15) is 16.6 Å². The van der Waals surface area contributed by atoms with E-state index in [0.717, 1.165) is 11.3 Å². The van der Waals surface area contributed by atoms with Gasteiger partial charge in [-0.2, -0.15) is 0 Å². The number of nitro benzene ring substituents is 1. The van der Waals surface area contributed by atoms with E-state index in [1.165, 1.54) is 28.8 Å². The number of nitro groups is 1. The van der Waals surface area contributed by atoms with Crippen molar-refractivity contribution in [3.8, 4) is 5.69 Å². The zero-order valence-corrected chi connectivity index (χ0v) is 15.3. The quantitative estimate of drug-likeness (QED) is 0.361. The first-order valence-electron chi connectivity index (χ1n) is 7.20. The van der Waals surface area contributed by atoms with E-state index in [2.05, 4.69) is 15.9 Å². The van der Waals surface area contributed by atoms with Crippen molar-refractivity contribution in [2.24, 2.45) is 0 Å². The molecule has 1 aromatic carbocycles. The van der Waals surface area contributed by atoms with Crippen molar-refractivity contribution in [2.75, 3.05) is 6.61 Å². The van der Waals surface area contributed by atoms with E-state index in [9.17, 15) is 19.7 Å². The van der Waals surface area contributed by atoms with Crippen LogP contribution in [0.2, 0.25) is 0 Å². The Hall–Kier alpha value is -2.52. The van der Waals surface area contributed by atoms with E-state index in [1.807, 2.05) is 0 Å². The molecule has 0 aliphatic rings. The van der Waals surface area contributed by atoms with Gasteiger partial charge in [0, 0.05) is 17.5 Å². The average Bonchev–Trinajstić information content (AvgIpc) is 2.92. The minimum atomic E-state index is -0.546. The van der Waals surface area contributed by atoms with Gasteiger partial charge in [0.05, 0.1) is 16.0 Å². The first-order valence-corrected chi connectivity index (χ1v) is 8.81. The number of benzene rings is 1.